The minimum Gasteiger partial charge on any atom is -0.401 e. The summed E-state index contributed by atoms with van der Waals surface area (Å²) in [5.74, 6) is 3.65. The fourth-order valence-electron chi connectivity index (χ4n) is 4.47. The third kappa shape index (κ3) is 7.37. The largest absolute Gasteiger partial charge is 0.401 e. The van der Waals surface area contributed by atoms with Crippen molar-refractivity contribution >= 4 is 43.7 Å². The first-order valence-corrected chi connectivity index (χ1v) is 19.2. The lowest BCUT2D eigenvalue weighted by molar-refractivity contribution is 0.216. The summed E-state index contributed by atoms with van der Waals surface area (Å²) in [5, 5.41) is 3.96. The Morgan fingerprint density at radius 2 is 1.05 bits per heavy atom. The fraction of sp³-hybridized carbons (Fsp3) is 0.212. The third-order valence-electron chi connectivity index (χ3n) is 6.09. The molecule has 0 radical (unpaired) electrons. The van der Waals surface area contributed by atoms with Crippen molar-refractivity contribution in [1.82, 2.24) is 0 Å². The van der Waals surface area contributed by atoms with Gasteiger partial charge in [0.1, 0.15) is 8.07 Å². The molecule has 37 heavy (non-hydrogen) atoms. The standard InChI is InChI=1S/C33H36OSSi2/c1-28(27-30(25-26-36(2,3)4)35-29-17-9-5-10-18-29)34-37(31-19-11-6-12-20-31,32-21-13-7-14-22-32)33-23-15-8-16-24-33/h5-24,28,30H,27H2,1-4H3/t28-,30-/m1/s1. The number of thioether (sulfide) groups is 1. The van der Waals surface area contributed by atoms with Crippen molar-refractivity contribution in [3.63, 3.8) is 0 Å². The van der Waals surface area contributed by atoms with E-state index in [1.54, 1.807) is 0 Å². The lowest BCUT2D eigenvalue weighted by Crippen LogP contribution is -2.70. The van der Waals surface area contributed by atoms with E-state index in [2.05, 4.69) is 159 Å². The molecule has 4 rings (SSSR count). The smallest absolute Gasteiger partial charge is 0.288 e. The zero-order valence-electron chi connectivity index (χ0n) is 22.2. The van der Waals surface area contributed by atoms with Gasteiger partial charge in [-0.3, -0.25) is 0 Å². The molecule has 0 aliphatic carbocycles. The number of rotatable bonds is 9. The summed E-state index contributed by atoms with van der Waals surface area (Å²) in [7, 11) is -4.25. The minimum atomic E-state index is -2.75. The molecule has 0 heterocycles. The predicted molar refractivity (Wildman–Crippen MR) is 166 cm³/mol. The van der Waals surface area contributed by atoms with Gasteiger partial charge in [0.2, 0.25) is 0 Å². The second kappa shape index (κ2) is 12.6. The SMILES string of the molecule is C[C@H](C[C@@H](C#C[Si](C)(C)C)Sc1ccccc1)O[Si](c1ccccc1)(c1ccccc1)c1ccccc1. The van der Waals surface area contributed by atoms with Crippen molar-refractivity contribution in [3.05, 3.63) is 121 Å². The number of hydrogen-bond donors (Lipinski definition) is 0. The molecule has 4 aromatic rings. The lowest BCUT2D eigenvalue weighted by atomic mass is 10.2. The maximum atomic E-state index is 7.37. The first-order chi connectivity index (χ1) is 17.9. The van der Waals surface area contributed by atoms with Crippen LogP contribution in [0.4, 0.5) is 0 Å². The summed E-state index contributed by atoms with van der Waals surface area (Å²) < 4.78 is 7.37. The zero-order chi connectivity index (χ0) is 26.1. The Morgan fingerprint density at radius 3 is 1.46 bits per heavy atom. The third-order valence-corrected chi connectivity index (χ3v) is 12.3. The molecule has 0 saturated carbocycles. The summed E-state index contributed by atoms with van der Waals surface area (Å²) in [4.78, 5) is 1.25. The Kier molecular flexibility index (Phi) is 9.29. The van der Waals surface area contributed by atoms with E-state index in [9.17, 15) is 0 Å². The molecule has 4 aromatic carbocycles. The summed E-state index contributed by atoms with van der Waals surface area (Å²) in [6.07, 6.45) is 0.877. The molecular formula is C33H36OSSi2. The van der Waals surface area contributed by atoms with Crippen molar-refractivity contribution < 1.29 is 4.43 Å². The molecule has 0 saturated heterocycles. The minimum absolute atomic E-state index is 0.0180. The highest BCUT2D eigenvalue weighted by Crippen LogP contribution is 2.27. The Labute approximate surface area is 229 Å². The lowest BCUT2D eigenvalue weighted by Gasteiger charge is -2.36. The van der Waals surface area contributed by atoms with Crippen molar-refractivity contribution in [2.45, 2.75) is 49.2 Å². The summed E-state index contributed by atoms with van der Waals surface area (Å²) in [6.45, 7) is 9.15. The van der Waals surface area contributed by atoms with E-state index in [1.165, 1.54) is 20.5 Å². The molecule has 0 aliphatic rings. The van der Waals surface area contributed by atoms with Gasteiger partial charge in [-0.05, 0) is 41.0 Å². The van der Waals surface area contributed by atoms with Gasteiger partial charge >= 0.3 is 0 Å². The van der Waals surface area contributed by atoms with Crippen LogP contribution in [0.15, 0.2) is 126 Å². The Bertz CT molecular complexity index is 1200. The second-order valence-corrected chi connectivity index (χ2v) is 19.7. The highest BCUT2D eigenvalue weighted by molar-refractivity contribution is 8.00. The zero-order valence-corrected chi connectivity index (χ0v) is 25.0. The first kappa shape index (κ1) is 27.2. The first-order valence-electron chi connectivity index (χ1n) is 13.0. The van der Waals surface area contributed by atoms with Crippen LogP contribution in [0.25, 0.3) is 0 Å². The van der Waals surface area contributed by atoms with Gasteiger partial charge in [-0.1, -0.05) is 135 Å². The molecular weight excluding hydrogens is 501 g/mol. The quantitative estimate of drug-likeness (QED) is 0.105. The average Bonchev–Trinajstić information content (AvgIpc) is 2.92. The van der Waals surface area contributed by atoms with Crippen LogP contribution in [0.5, 0.6) is 0 Å². The average molecular weight is 537 g/mol. The topological polar surface area (TPSA) is 9.23 Å². The molecule has 1 nitrogen and oxygen atoms in total. The van der Waals surface area contributed by atoms with Gasteiger partial charge in [0.05, 0.1) is 5.25 Å². The van der Waals surface area contributed by atoms with Gasteiger partial charge in [0.25, 0.3) is 8.32 Å². The summed E-state index contributed by atoms with van der Waals surface area (Å²) in [5.41, 5.74) is 3.63. The molecule has 0 N–H and O–H groups in total. The van der Waals surface area contributed by atoms with E-state index >= 15 is 0 Å². The molecule has 0 spiro atoms. The van der Waals surface area contributed by atoms with Crippen LogP contribution in [0.2, 0.25) is 19.6 Å². The van der Waals surface area contributed by atoms with Gasteiger partial charge in [-0.2, -0.15) is 0 Å². The van der Waals surface area contributed by atoms with Crippen LogP contribution in [0.1, 0.15) is 13.3 Å². The molecule has 4 heteroatoms. The Morgan fingerprint density at radius 1 is 0.649 bits per heavy atom. The van der Waals surface area contributed by atoms with Crippen molar-refractivity contribution in [2.75, 3.05) is 0 Å². The van der Waals surface area contributed by atoms with E-state index < -0.39 is 16.4 Å². The van der Waals surface area contributed by atoms with Crippen LogP contribution in [0, 0.1) is 11.5 Å². The molecule has 2 atom stereocenters. The number of benzene rings is 4. The van der Waals surface area contributed by atoms with E-state index in [1.807, 2.05) is 11.8 Å². The van der Waals surface area contributed by atoms with E-state index in [4.69, 9.17) is 4.43 Å². The molecule has 188 valence electrons. The number of hydrogen-bond acceptors (Lipinski definition) is 2. The predicted octanol–water partition coefficient (Wildman–Crippen LogP) is 6.49. The molecule has 0 unspecified atom stereocenters. The van der Waals surface area contributed by atoms with Crippen LogP contribution >= 0.6 is 11.8 Å². The highest BCUT2D eigenvalue weighted by atomic mass is 32.2. The normalized spacial score (nSPS) is 13.3. The Balaban J connectivity index is 1.74. The fourth-order valence-corrected chi connectivity index (χ4v) is 10.4. The van der Waals surface area contributed by atoms with Crippen LogP contribution in [-0.2, 0) is 4.43 Å². The molecule has 0 aromatic heterocycles. The van der Waals surface area contributed by atoms with Crippen molar-refractivity contribution in [1.29, 1.82) is 0 Å². The maximum absolute atomic E-state index is 7.37. The van der Waals surface area contributed by atoms with Crippen LogP contribution in [0.3, 0.4) is 0 Å². The summed E-state index contributed by atoms with van der Waals surface area (Å²) in [6, 6.07) is 43.1. The van der Waals surface area contributed by atoms with E-state index in [0.29, 0.717) is 0 Å². The summed E-state index contributed by atoms with van der Waals surface area (Å²) >= 11 is 1.86. The van der Waals surface area contributed by atoms with E-state index in [0.717, 1.165) is 6.42 Å². The van der Waals surface area contributed by atoms with Gasteiger partial charge in [-0.25, -0.2) is 0 Å². The van der Waals surface area contributed by atoms with E-state index in [-0.39, 0.29) is 11.4 Å². The van der Waals surface area contributed by atoms with Crippen molar-refractivity contribution in [2.24, 2.45) is 0 Å². The van der Waals surface area contributed by atoms with Crippen LogP contribution < -0.4 is 15.6 Å². The van der Waals surface area contributed by atoms with Crippen molar-refractivity contribution in [3.8, 4) is 11.5 Å². The molecule has 0 aliphatic heterocycles. The maximum Gasteiger partial charge on any atom is 0.288 e. The Hall–Kier alpha value is -2.82. The molecule has 0 amide bonds. The highest BCUT2D eigenvalue weighted by Gasteiger charge is 2.43. The molecule has 0 fully saturated rings. The van der Waals surface area contributed by atoms with Crippen LogP contribution in [-0.4, -0.2) is 27.7 Å². The van der Waals surface area contributed by atoms with Gasteiger partial charge in [0, 0.05) is 11.0 Å². The van der Waals surface area contributed by atoms with Gasteiger partial charge < -0.3 is 4.43 Å². The molecule has 0 bridgehead atoms. The second-order valence-electron chi connectivity index (χ2n) is 10.4. The van der Waals surface area contributed by atoms with Gasteiger partial charge in [0.15, 0.2) is 0 Å². The van der Waals surface area contributed by atoms with Gasteiger partial charge in [-0.15, -0.1) is 17.3 Å². The monoisotopic (exact) mass is 536 g/mol.